The van der Waals surface area contributed by atoms with E-state index in [0.717, 1.165) is 29.8 Å². The van der Waals surface area contributed by atoms with Gasteiger partial charge in [-0.3, -0.25) is 9.10 Å². The maximum atomic E-state index is 12.2. The summed E-state index contributed by atoms with van der Waals surface area (Å²) in [5.74, 6) is -0.879. The molecule has 27 heavy (non-hydrogen) atoms. The fraction of sp³-hybridized carbons (Fsp3) is 0.474. The zero-order valence-electron chi connectivity index (χ0n) is 15.7. The molecular weight excluding hydrogens is 368 g/mol. The van der Waals surface area contributed by atoms with Crippen molar-refractivity contribution in [3.8, 4) is 0 Å². The van der Waals surface area contributed by atoms with Gasteiger partial charge in [-0.25, -0.2) is 13.2 Å². The zero-order chi connectivity index (χ0) is 19.9. The van der Waals surface area contributed by atoms with Gasteiger partial charge in [-0.2, -0.15) is 0 Å². The van der Waals surface area contributed by atoms with Crippen LogP contribution in [-0.4, -0.2) is 46.7 Å². The number of rotatable bonds is 8. The van der Waals surface area contributed by atoms with E-state index in [1.807, 2.05) is 0 Å². The Morgan fingerprint density at radius 3 is 2.44 bits per heavy atom. The highest BCUT2D eigenvalue weighted by Crippen LogP contribution is 2.20. The second kappa shape index (κ2) is 9.55. The topological polar surface area (TPSA) is 92.8 Å². The number of esters is 1. The first kappa shape index (κ1) is 21.0. The van der Waals surface area contributed by atoms with Gasteiger partial charge in [0, 0.05) is 6.54 Å². The van der Waals surface area contributed by atoms with E-state index in [1.54, 1.807) is 0 Å². The second-order valence-electron chi connectivity index (χ2n) is 6.52. The van der Waals surface area contributed by atoms with Crippen LogP contribution in [-0.2, 0) is 19.6 Å². The van der Waals surface area contributed by atoms with E-state index in [2.05, 4.69) is 16.1 Å². The number of sulfonamides is 1. The summed E-state index contributed by atoms with van der Waals surface area (Å²) in [6.45, 7) is 0.180. The van der Waals surface area contributed by atoms with Gasteiger partial charge in [0.25, 0.3) is 0 Å². The van der Waals surface area contributed by atoms with Crippen molar-refractivity contribution in [2.75, 3.05) is 30.8 Å². The molecule has 1 aromatic rings. The van der Waals surface area contributed by atoms with E-state index in [-0.39, 0.29) is 12.5 Å². The third-order valence-corrected chi connectivity index (χ3v) is 5.56. The third-order valence-electron chi connectivity index (χ3n) is 4.42. The minimum atomic E-state index is -3.65. The monoisotopic (exact) mass is 394 g/mol. The van der Waals surface area contributed by atoms with Crippen LogP contribution in [0, 0.1) is 0 Å². The molecule has 0 bridgehead atoms. The van der Waals surface area contributed by atoms with Gasteiger partial charge in [0.05, 0.1) is 24.6 Å². The van der Waals surface area contributed by atoms with Crippen molar-refractivity contribution in [3.05, 3.63) is 41.5 Å². The first-order chi connectivity index (χ1) is 12.8. The molecule has 1 amide bonds. The van der Waals surface area contributed by atoms with Crippen LogP contribution in [0.1, 0.15) is 42.5 Å². The SMILES string of the molecule is COC(=O)c1ccc(N(CC(=O)NCCC2=CCCCC2)S(C)(=O)=O)cc1. The van der Waals surface area contributed by atoms with Crippen LogP contribution in [0.25, 0.3) is 0 Å². The van der Waals surface area contributed by atoms with E-state index in [9.17, 15) is 18.0 Å². The lowest BCUT2D eigenvalue weighted by molar-refractivity contribution is -0.119. The molecule has 0 saturated carbocycles. The predicted octanol–water partition coefficient (Wildman–Crippen LogP) is 2.25. The largest absolute Gasteiger partial charge is 0.465 e. The summed E-state index contributed by atoms with van der Waals surface area (Å²) in [5.41, 5.74) is 1.97. The highest BCUT2D eigenvalue weighted by molar-refractivity contribution is 7.92. The van der Waals surface area contributed by atoms with Crippen LogP contribution in [0.4, 0.5) is 5.69 Å². The van der Waals surface area contributed by atoms with Crippen LogP contribution >= 0.6 is 0 Å². The van der Waals surface area contributed by atoms with Gasteiger partial charge in [-0.15, -0.1) is 0 Å². The fourth-order valence-electron chi connectivity index (χ4n) is 2.96. The Kier molecular flexibility index (Phi) is 7.41. The Morgan fingerprint density at radius 1 is 1.19 bits per heavy atom. The van der Waals surface area contributed by atoms with Crippen molar-refractivity contribution in [2.24, 2.45) is 0 Å². The summed E-state index contributed by atoms with van der Waals surface area (Å²) in [7, 11) is -2.38. The Morgan fingerprint density at radius 2 is 1.89 bits per heavy atom. The standard InChI is InChI=1S/C19H26N2O5S/c1-26-19(23)16-8-10-17(11-9-16)21(27(2,24)25)14-18(22)20-13-12-15-6-4-3-5-7-15/h6,8-11H,3-5,7,12-14H2,1-2H3,(H,20,22). The van der Waals surface area contributed by atoms with Gasteiger partial charge < -0.3 is 10.1 Å². The average Bonchev–Trinajstić information content (AvgIpc) is 2.65. The minimum absolute atomic E-state index is 0.305. The van der Waals surface area contributed by atoms with Crippen molar-refractivity contribution < 1.29 is 22.7 Å². The molecule has 0 unspecified atom stereocenters. The number of allylic oxidation sites excluding steroid dienone is 1. The average molecular weight is 394 g/mol. The molecule has 0 radical (unpaired) electrons. The molecule has 148 valence electrons. The first-order valence-electron chi connectivity index (χ1n) is 8.92. The lowest BCUT2D eigenvalue weighted by atomic mass is 9.97. The summed E-state index contributed by atoms with van der Waals surface area (Å²) in [6.07, 6.45) is 8.61. The quantitative estimate of drug-likeness (QED) is 0.539. The van der Waals surface area contributed by atoms with Crippen molar-refractivity contribution >= 4 is 27.6 Å². The smallest absolute Gasteiger partial charge is 0.337 e. The van der Waals surface area contributed by atoms with Crippen molar-refractivity contribution in [1.82, 2.24) is 5.32 Å². The van der Waals surface area contributed by atoms with E-state index in [1.165, 1.54) is 49.8 Å². The number of benzene rings is 1. The molecule has 1 aliphatic rings. The number of nitrogens with zero attached hydrogens (tertiary/aromatic N) is 1. The maximum Gasteiger partial charge on any atom is 0.337 e. The van der Waals surface area contributed by atoms with E-state index in [4.69, 9.17) is 0 Å². The normalized spacial score (nSPS) is 14.2. The number of amides is 1. The van der Waals surface area contributed by atoms with Crippen molar-refractivity contribution in [1.29, 1.82) is 0 Å². The number of anilines is 1. The molecule has 0 saturated heterocycles. The van der Waals surface area contributed by atoms with Gasteiger partial charge >= 0.3 is 5.97 Å². The van der Waals surface area contributed by atoms with E-state index >= 15 is 0 Å². The summed E-state index contributed by atoms with van der Waals surface area (Å²) in [5, 5.41) is 2.78. The summed E-state index contributed by atoms with van der Waals surface area (Å²) >= 11 is 0. The molecule has 1 N–H and O–H groups in total. The first-order valence-corrected chi connectivity index (χ1v) is 10.8. The van der Waals surface area contributed by atoms with Crippen molar-refractivity contribution in [2.45, 2.75) is 32.1 Å². The third kappa shape index (κ3) is 6.39. The highest BCUT2D eigenvalue weighted by Gasteiger charge is 2.21. The molecule has 2 rings (SSSR count). The number of carbonyl (C=O) groups is 2. The number of hydrogen-bond acceptors (Lipinski definition) is 5. The molecule has 0 fully saturated rings. The molecule has 0 aliphatic heterocycles. The molecule has 0 spiro atoms. The van der Waals surface area contributed by atoms with Crippen LogP contribution in [0.5, 0.6) is 0 Å². The summed E-state index contributed by atoms with van der Waals surface area (Å²) < 4.78 is 29.9. The number of hydrogen-bond donors (Lipinski definition) is 1. The Labute approximate surface area is 160 Å². The van der Waals surface area contributed by atoms with Gasteiger partial charge in [-0.05, 0) is 56.4 Å². The molecule has 0 heterocycles. The number of ether oxygens (including phenoxy) is 1. The summed E-state index contributed by atoms with van der Waals surface area (Å²) in [4.78, 5) is 23.7. The minimum Gasteiger partial charge on any atom is -0.465 e. The number of carbonyl (C=O) groups excluding carboxylic acids is 2. The molecule has 1 aliphatic carbocycles. The second-order valence-corrected chi connectivity index (χ2v) is 8.42. The van der Waals surface area contributed by atoms with Gasteiger partial charge in [-0.1, -0.05) is 11.6 Å². The molecule has 0 atom stereocenters. The fourth-order valence-corrected chi connectivity index (χ4v) is 3.82. The lowest BCUT2D eigenvalue weighted by Crippen LogP contribution is -2.40. The van der Waals surface area contributed by atoms with Gasteiger partial charge in [0.15, 0.2) is 0 Å². The number of nitrogens with one attached hydrogen (secondary N) is 1. The predicted molar refractivity (Wildman–Crippen MR) is 104 cm³/mol. The van der Waals surface area contributed by atoms with Crippen LogP contribution in [0.2, 0.25) is 0 Å². The summed E-state index contributed by atoms with van der Waals surface area (Å²) in [6, 6.07) is 5.89. The van der Waals surface area contributed by atoms with Crippen LogP contribution < -0.4 is 9.62 Å². The molecular formula is C19H26N2O5S. The zero-order valence-corrected chi connectivity index (χ0v) is 16.5. The molecule has 7 nitrogen and oxygen atoms in total. The van der Waals surface area contributed by atoms with E-state index < -0.39 is 16.0 Å². The van der Waals surface area contributed by atoms with Crippen LogP contribution in [0.15, 0.2) is 35.9 Å². The Balaban J connectivity index is 1.98. The number of methoxy groups -OCH3 is 1. The highest BCUT2D eigenvalue weighted by atomic mass is 32.2. The van der Waals surface area contributed by atoms with Crippen molar-refractivity contribution in [3.63, 3.8) is 0 Å². The molecule has 0 aromatic heterocycles. The molecule has 1 aromatic carbocycles. The Hall–Kier alpha value is -2.35. The molecule has 8 heteroatoms. The van der Waals surface area contributed by atoms with E-state index in [0.29, 0.717) is 17.8 Å². The van der Waals surface area contributed by atoms with Gasteiger partial charge in [0.2, 0.25) is 15.9 Å². The maximum absolute atomic E-state index is 12.2. The Bertz CT molecular complexity index is 800. The lowest BCUT2D eigenvalue weighted by Gasteiger charge is -2.22. The van der Waals surface area contributed by atoms with Crippen LogP contribution in [0.3, 0.4) is 0 Å². The van der Waals surface area contributed by atoms with Gasteiger partial charge in [0.1, 0.15) is 6.54 Å².